The molecule has 6 nitrogen and oxygen atoms in total. The van der Waals surface area contributed by atoms with Crippen molar-refractivity contribution < 1.29 is 9.47 Å². The van der Waals surface area contributed by atoms with Crippen LogP contribution in [-0.2, 0) is 6.61 Å². The predicted molar refractivity (Wildman–Crippen MR) is 155 cm³/mol. The Morgan fingerprint density at radius 2 is 1.75 bits per heavy atom. The van der Waals surface area contributed by atoms with Crippen LogP contribution >= 0.6 is 47.8 Å². The number of fused-ring (bicyclic) bond motifs is 1. The van der Waals surface area contributed by atoms with Gasteiger partial charge in [0.2, 0.25) is 0 Å². The maximum atomic E-state index is 13.4. The van der Waals surface area contributed by atoms with Gasteiger partial charge >= 0.3 is 0 Å². The number of hydrogen-bond donors (Lipinski definition) is 0. The summed E-state index contributed by atoms with van der Waals surface area (Å²) in [5, 5.41) is 5.06. The van der Waals surface area contributed by atoms with E-state index in [2.05, 4.69) is 59.8 Å². The van der Waals surface area contributed by atoms with Gasteiger partial charge in [0.05, 0.1) is 24.2 Å². The highest BCUT2D eigenvalue weighted by molar-refractivity contribution is 9.11. The number of aromatic nitrogens is 2. The van der Waals surface area contributed by atoms with Crippen molar-refractivity contribution >= 4 is 64.9 Å². The fourth-order valence-electron chi connectivity index (χ4n) is 3.56. The van der Waals surface area contributed by atoms with Crippen molar-refractivity contribution in [2.75, 3.05) is 7.11 Å². The minimum absolute atomic E-state index is 0.0512. The smallest absolute Gasteiger partial charge is 0.282 e. The Bertz CT molecular complexity index is 1480. The molecule has 0 bridgehead atoms. The summed E-state index contributed by atoms with van der Waals surface area (Å²) in [5.74, 6) is 1.83. The summed E-state index contributed by atoms with van der Waals surface area (Å²) in [7, 11) is 1.59. The fourth-order valence-corrected chi connectivity index (χ4v) is 4.61. The molecule has 0 saturated heterocycles. The lowest BCUT2D eigenvalue weighted by atomic mass is 10.1. The highest BCUT2D eigenvalue weighted by Crippen LogP contribution is 2.33. The van der Waals surface area contributed by atoms with E-state index in [4.69, 9.17) is 14.5 Å². The summed E-state index contributed by atoms with van der Waals surface area (Å²) >= 11 is 10.5. The number of benzene rings is 3. The number of methoxy groups -OCH3 is 1. The molecule has 0 N–H and O–H groups in total. The Kier molecular flexibility index (Phi) is 8.64. The van der Waals surface area contributed by atoms with Gasteiger partial charge in [-0.05, 0) is 70.4 Å². The lowest BCUT2D eigenvalue weighted by molar-refractivity contribution is 0.284. The summed E-state index contributed by atoms with van der Waals surface area (Å²) in [5.41, 5.74) is 2.21. The highest BCUT2D eigenvalue weighted by atomic mass is 79.9. The van der Waals surface area contributed by atoms with E-state index >= 15 is 0 Å². The van der Waals surface area contributed by atoms with Crippen molar-refractivity contribution in [2.24, 2.45) is 5.10 Å². The molecule has 9 heteroatoms. The van der Waals surface area contributed by atoms with E-state index in [-0.39, 0.29) is 11.5 Å². The van der Waals surface area contributed by atoms with E-state index < -0.39 is 0 Å². The topological polar surface area (TPSA) is 65.7 Å². The SMILES string of the molecule is CC[C@@H](C)c1nc2ccc(Br)cc2c(=O)n1N=Cc1cc(OC)c(OCc2ccc(Br)cc2)cc1Br. The van der Waals surface area contributed by atoms with Crippen LogP contribution in [0, 0.1) is 0 Å². The zero-order valence-corrected chi connectivity index (χ0v) is 24.7. The molecule has 1 aromatic heterocycles. The van der Waals surface area contributed by atoms with Gasteiger partial charge in [-0.1, -0.05) is 57.8 Å². The van der Waals surface area contributed by atoms with Crippen molar-refractivity contribution in [1.82, 2.24) is 9.66 Å². The average Bonchev–Trinajstić information content (AvgIpc) is 2.88. The first-order chi connectivity index (χ1) is 17.3. The second-order valence-electron chi connectivity index (χ2n) is 8.24. The summed E-state index contributed by atoms with van der Waals surface area (Å²) in [6, 6.07) is 17.1. The quantitative estimate of drug-likeness (QED) is 0.180. The molecule has 0 fully saturated rings. The van der Waals surface area contributed by atoms with E-state index in [0.717, 1.165) is 31.0 Å². The van der Waals surface area contributed by atoms with Crippen LogP contribution in [0.25, 0.3) is 10.9 Å². The molecule has 186 valence electrons. The molecule has 3 aromatic carbocycles. The highest BCUT2D eigenvalue weighted by Gasteiger charge is 2.16. The van der Waals surface area contributed by atoms with Crippen molar-refractivity contribution in [1.29, 1.82) is 0 Å². The fraction of sp³-hybridized carbons (Fsp3) is 0.222. The lowest BCUT2D eigenvalue weighted by Gasteiger charge is -2.15. The lowest BCUT2D eigenvalue weighted by Crippen LogP contribution is -2.23. The third-order valence-electron chi connectivity index (χ3n) is 5.79. The van der Waals surface area contributed by atoms with Crippen LogP contribution in [0.1, 0.15) is 43.1 Å². The molecule has 0 unspecified atom stereocenters. The van der Waals surface area contributed by atoms with Crippen LogP contribution in [0.3, 0.4) is 0 Å². The molecule has 1 heterocycles. The minimum Gasteiger partial charge on any atom is -0.493 e. The van der Waals surface area contributed by atoms with Gasteiger partial charge in [-0.3, -0.25) is 4.79 Å². The number of ether oxygens (including phenoxy) is 2. The molecule has 4 rings (SSSR count). The first-order valence-electron chi connectivity index (χ1n) is 11.3. The van der Waals surface area contributed by atoms with Crippen LogP contribution in [0.15, 0.2) is 77.9 Å². The molecule has 4 aromatic rings. The second kappa shape index (κ2) is 11.7. The first-order valence-corrected chi connectivity index (χ1v) is 13.7. The van der Waals surface area contributed by atoms with Gasteiger partial charge in [-0.2, -0.15) is 9.78 Å². The minimum atomic E-state index is -0.217. The summed E-state index contributed by atoms with van der Waals surface area (Å²) < 4.78 is 15.6. The third kappa shape index (κ3) is 5.90. The van der Waals surface area contributed by atoms with Gasteiger partial charge in [0.15, 0.2) is 11.5 Å². The van der Waals surface area contributed by atoms with Gasteiger partial charge in [-0.25, -0.2) is 4.98 Å². The third-order valence-corrected chi connectivity index (χ3v) is 7.50. The summed E-state index contributed by atoms with van der Waals surface area (Å²) in [6.07, 6.45) is 2.45. The first kappa shape index (κ1) is 26.6. The molecule has 0 aliphatic heterocycles. The average molecular weight is 678 g/mol. The van der Waals surface area contributed by atoms with Crippen molar-refractivity contribution in [2.45, 2.75) is 32.8 Å². The molecular weight excluding hydrogens is 654 g/mol. The maximum absolute atomic E-state index is 13.4. The summed E-state index contributed by atoms with van der Waals surface area (Å²) in [4.78, 5) is 18.1. The molecular formula is C27H24Br3N3O3. The Hall–Kier alpha value is -2.49. The van der Waals surface area contributed by atoms with Gasteiger partial charge in [-0.15, -0.1) is 0 Å². The molecule has 0 radical (unpaired) electrons. The van der Waals surface area contributed by atoms with Crippen LogP contribution < -0.4 is 15.0 Å². The van der Waals surface area contributed by atoms with Gasteiger partial charge in [0, 0.05) is 24.9 Å². The maximum Gasteiger partial charge on any atom is 0.282 e. The Labute approximate surface area is 234 Å². The zero-order chi connectivity index (χ0) is 25.8. The molecule has 1 atom stereocenters. The Morgan fingerprint density at radius 3 is 2.44 bits per heavy atom. The number of halogens is 3. The predicted octanol–water partition coefficient (Wildman–Crippen LogP) is 7.67. The standard InChI is InChI=1S/C27H24Br3N3O3/c1-4-16(2)26-32-23-10-9-20(29)12-21(23)27(34)33(26)31-14-18-11-24(35-3)25(13-22(18)30)36-15-17-5-7-19(28)8-6-17/h5-14,16H,4,15H2,1-3H3/t16-/m1/s1. The van der Waals surface area contributed by atoms with Gasteiger partial charge in [0.1, 0.15) is 12.4 Å². The van der Waals surface area contributed by atoms with E-state index in [1.807, 2.05) is 55.5 Å². The number of hydrogen-bond acceptors (Lipinski definition) is 5. The van der Waals surface area contributed by atoms with Crippen LogP contribution in [0.4, 0.5) is 0 Å². The van der Waals surface area contributed by atoms with Gasteiger partial charge in [0.25, 0.3) is 5.56 Å². The molecule has 0 spiro atoms. The molecule has 0 amide bonds. The Balaban J connectivity index is 1.69. The van der Waals surface area contributed by atoms with E-state index in [1.54, 1.807) is 19.4 Å². The number of nitrogens with zero attached hydrogens (tertiary/aromatic N) is 3. The molecule has 0 aliphatic carbocycles. The molecule has 36 heavy (non-hydrogen) atoms. The second-order valence-corrected chi connectivity index (χ2v) is 10.9. The van der Waals surface area contributed by atoms with Crippen LogP contribution in [0.2, 0.25) is 0 Å². The molecule has 0 aliphatic rings. The van der Waals surface area contributed by atoms with E-state index in [0.29, 0.717) is 34.8 Å². The van der Waals surface area contributed by atoms with Crippen LogP contribution in [-0.4, -0.2) is 23.0 Å². The normalized spacial score (nSPS) is 12.3. The van der Waals surface area contributed by atoms with E-state index in [1.165, 1.54) is 4.68 Å². The molecule has 0 saturated carbocycles. The van der Waals surface area contributed by atoms with Crippen molar-refractivity contribution in [3.8, 4) is 11.5 Å². The summed E-state index contributed by atoms with van der Waals surface area (Å²) in [6.45, 7) is 4.50. The Morgan fingerprint density at radius 1 is 1.03 bits per heavy atom. The van der Waals surface area contributed by atoms with E-state index in [9.17, 15) is 4.79 Å². The largest absolute Gasteiger partial charge is 0.493 e. The zero-order valence-electron chi connectivity index (χ0n) is 20.0. The number of rotatable bonds is 8. The van der Waals surface area contributed by atoms with Crippen LogP contribution in [0.5, 0.6) is 11.5 Å². The van der Waals surface area contributed by atoms with Crippen molar-refractivity contribution in [3.63, 3.8) is 0 Å². The monoisotopic (exact) mass is 675 g/mol. The van der Waals surface area contributed by atoms with Gasteiger partial charge < -0.3 is 9.47 Å². The van der Waals surface area contributed by atoms with Crippen molar-refractivity contribution in [3.05, 3.63) is 95.3 Å².